The predicted molar refractivity (Wildman–Crippen MR) is 54.9 cm³/mol. The summed E-state index contributed by atoms with van der Waals surface area (Å²) in [4.78, 5) is 1.46. The second kappa shape index (κ2) is 4.26. The average Bonchev–Trinajstić information content (AvgIpc) is 2.01. The molecule has 0 atom stereocenters. The molecule has 0 aromatic heterocycles. The molecule has 0 spiro atoms. The van der Waals surface area contributed by atoms with Gasteiger partial charge in [-0.25, -0.2) is 8.78 Å². The van der Waals surface area contributed by atoms with Crippen molar-refractivity contribution >= 4 is 11.4 Å². The summed E-state index contributed by atoms with van der Waals surface area (Å²) in [6, 6.07) is 5.39. The molecular weight excluding hydrogens is 186 g/mol. The molecule has 0 saturated carbocycles. The fourth-order valence-corrected chi connectivity index (χ4v) is 1.33. The van der Waals surface area contributed by atoms with Crippen molar-refractivity contribution in [2.24, 2.45) is 0 Å². The monoisotopic (exact) mass is 200 g/mol. The zero-order valence-corrected chi connectivity index (χ0v) is 8.30. The molecule has 14 heavy (non-hydrogen) atoms. The van der Waals surface area contributed by atoms with Crippen LogP contribution in [0.15, 0.2) is 18.2 Å². The van der Waals surface area contributed by atoms with Gasteiger partial charge in [-0.05, 0) is 24.6 Å². The van der Waals surface area contributed by atoms with Gasteiger partial charge in [-0.3, -0.25) is 0 Å². The molecule has 0 aliphatic heterocycles. The Morgan fingerprint density at radius 1 is 1.43 bits per heavy atom. The molecule has 0 saturated heterocycles. The van der Waals surface area contributed by atoms with Crippen molar-refractivity contribution in [2.45, 2.75) is 13.3 Å². The number of rotatable bonds is 3. The normalized spacial score (nSPS) is 10.6. The van der Waals surface area contributed by atoms with Gasteiger partial charge in [0.05, 0.1) is 17.9 Å². The number of hydrogen-bond donors (Lipinski definition) is 1. The van der Waals surface area contributed by atoms with Crippen LogP contribution in [0.4, 0.5) is 20.2 Å². The van der Waals surface area contributed by atoms with Gasteiger partial charge in [-0.15, -0.1) is 0 Å². The minimum Gasteiger partial charge on any atom is -0.397 e. The predicted octanol–water partition coefficient (Wildman–Crippen LogP) is 2.28. The molecule has 1 aromatic carbocycles. The van der Waals surface area contributed by atoms with E-state index in [-0.39, 0.29) is 6.54 Å². The first kappa shape index (κ1) is 10.8. The SMILES string of the molecule is Cc1ccc(N(C)CC(F)F)c(N)c1. The van der Waals surface area contributed by atoms with E-state index in [1.165, 1.54) is 4.90 Å². The lowest BCUT2D eigenvalue weighted by Crippen LogP contribution is -2.24. The lowest BCUT2D eigenvalue weighted by atomic mass is 10.2. The minimum atomic E-state index is -2.35. The van der Waals surface area contributed by atoms with Crippen LogP contribution in [0.2, 0.25) is 0 Å². The molecular formula is C10H14F2N2. The molecule has 2 N–H and O–H groups in total. The number of alkyl halides is 2. The van der Waals surface area contributed by atoms with Gasteiger partial charge in [-0.2, -0.15) is 0 Å². The molecule has 0 unspecified atom stereocenters. The lowest BCUT2D eigenvalue weighted by Gasteiger charge is -2.20. The Labute approximate surface area is 82.3 Å². The number of halogens is 2. The van der Waals surface area contributed by atoms with Gasteiger partial charge in [0.25, 0.3) is 6.43 Å². The van der Waals surface area contributed by atoms with Crippen LogP contribution in [0, 0.1) is 6.92 Å². The average molecular weight is 200 g/mol. The van der Waals surface area contributed by atoms with E-state index in [1.54, 1.807) is 19.2 Å². The maximum atomic E-state index is 12.1. The number of hydrogen-bond acceptors (Lipinski definition) is 2. The van der Waals surface area contributed by atoms with Crippen LogP contribution < -0.4 is 10.6 Å². The van der Waals surface area contributed by atoms with Crippen LogP contribution in [0.3, 0.4) is 0 Å². The van der Waals surface area contributed by atoms with E-state index < -0.39 is 6.43 Å². The third-order valence-corrected chi connectivity index (χ3v) is 2.01. The summed E-state index contributed by atoms with van der Waals surface area (Å²) in [6.07, 6.45) is -2.35. The van der Waals surface area contributed by atoms with E-state index in [9.17, 15) is 8.78 Å². The van der Waals surface area contributed by atoms with Gasteiger partial charge in [0.2, 0.25) is 0 Å². The van der Waals surface area contributed by atoms with Gasteiger partial charge in [0.1, 0.15) is 0 Å². The third-order valence-electron chi connectivity index (χ3n) is 2.01. The highest BCUT2D eigenvalue weighted by atomic mass is 19.3. The zero-order chi connectivity index (χ0) is 10.7. The largest absolute Gasteiger partial charge is 0.397 e. The molecule has 78 valence electrons. The van der Waals surface area contributed by atoms with Crippen molar-refractivity contribution in [1.29, 1.82) is 0 Å². The Morgan fingerprint density at radius 3 is 2.57 bits per heavy atom. The molecule has 0 radical (unpaired) electrons. The highest BCUT2D eigenvalue weighted by molar-refractivity contribution is 5.68. The summed E-state index contributed by atoms with van der Waals surface area (Å²) in [5.74, 6) is 0. The molecule has 0 amide bonds. The molecule has 0 heterocycles. The summed E-state index contributed by atoms with van der Waals surface area (Å²) < 4.78 is 24.2. The van der Waals surface area contributed by atoms with E-state index in [4.69, 9.17) is 5.73 Å². The Hall–Kier alpha value is -1.32. The number of benzene rings is 1. The third kappa shape index (κ3) is 2.58. The van der Waals surface area contributed by atoms with E-state index in [1.807, 2.05) is 13.0 Å². The Bertz CT molecular complexity index is 313. The Morgan fingerprint density at radius 2 is 2.07 bits per heavy atom. The molecule has 1 rings (SSSR count). The van der Waals surface area contributed by atoms with E-state index in [0.29, 0.717) is 11.4 Å². The summed E-state index contributed by atoms with van der Waals surface area (Å²) in [5.41, 5.74) is 7.92. The van der Waals surface area contributed by atoms with Gasteiger partial charge >= 0.3 is 0 Å². The molecule has 0 fully saturated rings. The highest BCUT2D eigenvalue weighted by Crippen LogP contribution is 2.23. The molecule has 4 heteroatoms. The second-order valence-electron chi connectivity index (χ2n) is 3.33. The second-order valence-corrected chi connectivity index (χ2v) is 3.33. The fourth-order valence-electron chi connectivity index (χ4n) is 1.33. The summed E-state index contributed by atoms with van der Waals surface area (Å²) in [6.45, 7) is 1.61. The molecule has 0 aliphatic carbocycles. The van der Waals surface area contributed by atoms with Crippen molar-refractivity contribution in [3.8, 4) is 0 Å². The zero-order valence-electron chi connectivity index (χ0n) is 8.30. The first-order valence-corrected chi connectivity index (χ1v) is 4.36. The molecule has 2 nitrogen and oxygen atoms in total. The summed E-state index contributed by atoms with van der Waals surface area (Å²) in [5, 5.41) is 0. The van der Waals surface area contributed by atoms with Gasteiger partial charge in [0, 0.05) is 7.05 Å². The summed E-state index contributed by atoms with van der Waals surface area (Å²) in [7, 11) is 1.60. The van der Waals surface area contributed by atoms with Crippen LogP contribution in [0.5, 0.6) is 0 Å². The van der Waals surface area contributed by atoms with Crippen LogP contribution in [0.25, 0.3) is 0 Å². The van der Waals surface area contributed by atoms with E-state index >= 15 is 0 Å². The Balaban J connectivity index is 2.84. The van der Waals surface area contributed by atoms with Crippen LogP contribution in [-0.2, 0) is 0 Å². The number of aryl methyl sites for hydroxylation is 1. The number of nitrogens with zero attached hydrogens (tertiary/aromatic N) is 1. The number of anilines is 2. The number of nitrogens with two attached hydrogens (primary N) is 1. The van der Waals surface area contributed by atoms with Crippen LogP contribution in [0.1, 0.15) is 5.56 Å². The number of nitrogen functional groups attached to an aromatic ring is 1. The van der Waals surface area contributed by atoms with Gasteiger partial charge < -0.3 is 10.6 Å². The quantitative estimate of drug-likeness (QED) is 0.758. The minimum absolute atomic E-state index is 0.298. The Kier molecular flexibility index (Phi) is 3.28. The maximum Gasteiger partial charge on any atom is 0.255 e. The van der Waals surface area contributed by atoms with Crippen LogP contribution >= 0.6 is 0 Å². The van der Waals surface area contributed by atoms with Gasteiger partial charge in [0.15, 0.2) is 0 Å². The van der Waals surface area contributed by atoms with Crippen molar-refractivity contribution in [3.63, 3.8) is 0 Å². The summed E-state index contributed by atoms with van der Waals surface area (Å²) >= 11 is 0. The van der Waals surface area contributed by atoms with Crippen molar-refractivity contribution in [3.05, 3.63) is 23.8 Å². The maximum absolute atomic E-state index is 12.1. The highest BCUT2D eigenvalue weighted by Gasteiger charge is 2.10. The smallest absolute Gasteiger partial charge is 0.255 e. The molecule has 0 bridgehead atoms. The standard InChI is InChI=1S/C10H14F2N2/c1-7-3-4-9(8(13)5-7)14(2)6-10(11)12/h3-5,10H,6,13H2,1-2H3. The van der Waals surface area contributed by atoms with E-state index in [0.717, 1.165) is 5.56 Å². The van der Waals surface area contributed by atoms with Crippen molar-refractivity contribution in [1.82, 2.24) is 0 Å². The molecule has 0 aliphatic rings. The van der Waals surface area contributed by atoms with E-state index in [2.05, 4.69) is 0 Å². The first-order chi connectivity index (χ1) is 6.50. The molecule has 1 aromatic rings. The van der Waals surface area contributed by atoms with Crippen LogP contribution in [-0.4, -0.2) is 20.0 Å². The fraction of sp³-hybridized carbons (Fsp3) is 0.400. The topological polar surface area (TPSA) is 29.3 Å². The lowest BCUT2D eigenvalue weighted by molar-refractivity contribution is 0.156. The van der Waals surface area contributed by atoms with Gasteiger partial charge in [-0.1, -0.05) is 6.07 Å². The first-order valence-electron chi connectivity index (χ1n) is 4.36. The van der Waals surface area contributed by atoms with Crippen molar-refractivity contribution < 1.29 is 8.78 Å². The van der Waals surface area contributed by atoms with Crippen molar-refractivity contribution in [2.75, 3.05) is 24.2 Å².